The number of amides is 1. The molecule has 4 rings (SSSR count). The minimum atomic E-state index is -4.28. The molecule has 1 heterocycles. The third-order valence-electron chi connectivity index (χ3n) is 5.85. The quantitative estimate of drug-likeness (QED) is 0.290. The van der Waals surface area contributed by atoms with E-state index in [-0.39, 0.29) is 21.8 Å². The summed E-state index contributed by atoms with van der Waals surface area (Å²) in [6, 6.07) is 16.7. The molecule has 0 spiro atoms. The van der Waals surface area contributed by atoms with Crippen molar-refractivity contribution in [3.8, 4) is 0 Å². The monoisotopic (exact) mass is 509 g/mol. The molecule has 1 N–H and O–H groups in total. The number of aryl methyl sites for hydroxylation is 1. The molecule has 1 aliphatic heterocycles. The Kier molecular flexibility index (Phi) is 6.75. The fourth-order valence-electron chi connectivity index (χ4n) is 4.00. The average molecular weight is 510 g/mol. The van der Waals surface area contributed by atoms with Gasteiger partial charge in [-0.1, -0.05) is 36.4 Å². The van der Waals surface area contributed by atoms with Crippen molar-refractivity contribution in [1.82, 2.24) is 0 Å². The van der Waals surface area contributed by atoms with Crippen molar-refractivity contribution in [3.05, 3.63) is 93.5 Å². The third kappa shape index (κ3) is 4.91. The van der Waals surface area contributed by atoms with Crippen LogP contribution in [0.4, 0.5) is 17.1 Å². The number of nitrogens with one attached hydrogen (secondary N) is 1. The van der Waals surface area contributed by atoms with Gasteiger partial charge in [-0.05, 0) is 49.6 Å². The van der Waals surface area contributed by atoms with E-state index in [4.69, 9.17) is 4.74 Å². The van der Waals surface area contributed by atoms with Crippen molar-refractivity contribution in [1.29, 1.82) is 0 Å². The number of carbonyl (C=O) groups is 2. The molecule has 1 amide bonds. The molecule has 0 radical (unpaired) electrons. The number of nitrogens with zero attached hydrogens (tertiary/aromatic N) is 2. The number of fused-ring (bicyclic) bond motifs is 1. The molecule has 3 aromatic carbocycles. The molecule has 11 heteroatoms. The summed E-state index contributed by atoms with van der Waals surface area (Å²) in [5.41, 5.74) is 1.51. The van der Waals surface area contributed by atoms with Crippen LogP contribution in [-0.2, 0) is 26.0 Å². The summed E-state index contributed by atoms with van der Waals surface area (Å²) in [5, 5.41) is 11.1. The molecule has 0 unspecified atom stereocenters. The maximum atomic E-state index is 13.0. The van der Waals surface area contributed by atoms with E-state index < -0.39 is 32.9 Å². The minimum absolute atomic E-state index is 0.0837. The van der Waals surface area contributed by atoms with Crippen LogP contribution in [0, 0.1) is 17.0 Å². The maximum Gasteiger partial charge on any atom is 0.341 e. The highest BCUT2D eigenvalue weighted by molar-refractivity contribution is 7.92. The number of hydrogen-bond acceptors (Lipinski definition) is 7. The molecule has 0 fully saturated rings. The van der Waals surface area contributed by atoms with Crippen LogP contribution in [-0.4, -0.2) is 37.9 Å². The van der Waals surface area contributed by atoms with Crippen LogP contribution in [0.15, 0.2) is 71.6 Å². The van der Waals surface area contributed by atoms with E-state index in [1.54, 1.807) is 4.90 Å². The first-order valence-electron chi connectivity index (χ1n) is 11.1. The predicted molar refractivity (Wildman–Crippen MR) is 132 cm³/mol. The van der Waals surface area contributed by atoms with Crippen molar-refractivity contribution in [2.75, 3.05) is 16.2 Å². The summed E-state index contributed by atoms with van der Waals surface area (Å²) < 4.78 is 33.8. The Morgan fingerprint density at radius 3 is 2.53 bits per heavy atom. The summed E-state index contributed by atoms with van der Waals surface area (Å²) in [4.78, 5) is 37.6. The third-order valence-corrected chi connectivity index (χ3v) is 7.36. The summed E-state index contributed by atoms with van der Waals surface area (Å²) in [5.74, 6) is -1.28. The highest BCUT2D eigenvalue weighted by atomic mass is 32.2. The Hall–Kier alpha value is -4.25. The number of rotatable bonds is 7. The van der Waals surface area contributed by atoms with Gasteiger partial charge < -0.3 is 9.64 Å². The van der Waals surface area contributed by atoms with Gasteiger partial charge in [-0.2, -0.15) is 0 Å². The number of ether oxygens (including phenoxy) is 1. The minimum Gasteiger partial charge on any atom is -0.449 e. The van der Waals surface area contributed by atoms with Crippen molar-refractivity contribution in [2.45, 2.75) is 31.3 Å². The number of sulfonamides is 1. The molecular weight excluding hydrogens is 486 g/mol. The zero-order valence-corrected chi connectivity index (χ0v) is 20.3. The molecular formula is C25H23N3O7S. The number of esters is 1. The lowest BCUT2D eigenvalue weighted by molar-refractivity contribution is -0.385. The second-order valence-corrected chi connectivity index (χ2v) is 9.92. The summed E-state index contributed by atoms with van der Waals surface area (Å²) >= 11 is 0. The van der Waals surface area contributed by atoms with Crippen LogP contribution >= 0.6 is 0 Å². The van der Waals surface area contributed by atoms with E-state index in [0.29, 0.717) is 18.5 Å². The van der Waals surface area contributed by atoms with Gasteiger partial charge in [0.2, 0.25) is 0 Å². The fourth-order valence-corrected chi connectivity index (χ4v) is 5.35. The first-order chi connectivity index (χ1) is 17.1. The van der Waals surface area contributed by atoms with Crippen LogP contribution in [0.1, 0.15) is 28.4 Å². The van der Waals surface area contributed by atoms with E-state index in [2.05, 4.69) is 4.72 Å². The van der Waals surface area contributed by atoms with Gasteiger partial charge in [-0.3, -0.25) is 19.6 Å². The number of nitro groups is 1. The van der Waals surface area contributed by atoms with Gasteiger partial charge in [-0.25, -0.2) is 13.2 Å². The first-order valence-corrected chi connectivity index (χ1v) is 12.5. The van der Waals surface area contributed by atoms with Gasteiger partial charge in [0.1, 0.15) is 0 Å². The molecule has 3 aromatic rings. The molecule has 0 saturated carbocycles. The molecule has 186 valence electrons. The Morgan fingerprint density at radius 1 is 1.08 bits per heavy atom. The van der Waals surface area contributed by atoms with E-state index in [1.807, 2.05) is 24.3 Å². The van der Waals surface area contributed by atoms with Gasteiger partial charge >= 0.3 is 5.97 Å². The van der Waals surface area contributed by atoms with Crippen LogP contribution < -0.4 is 9.62 Å². The Bertz CT molecular complexity index is 1470. The van der Waals surface area contributed by atoms with E-state index >= 15 is 0 Å². The van der Waals surface area contributed by atoms with Crippen molar-refractivity contribution < 1.29 is 27.7 Å². The van der Waals surface area contributed by atoms with Crippen molar-refractivity contribution in [3.63, 3.8) is 0 Å². The number of carbonyl (C=O) groups excluding carboxylic acids is 2. The standard InChI is InChI=1S/C25H23N3O7S/c1-16-11-12-19(28(31)32)15-23(16)36(33,34)26-21-9-5-4-8-20(21)25(30)35-17(2)24(29)27-14-13-18-7-3-6-10-22(18)27/h3-12,15,17,26H,13-14H2,1-2H3/t17-/m0/s1. The first kappa shape index (κ1) is 24.9. The Morgan fingerprint density at radius 2 is 1.78 bits per heavy atom. The lowest BCUT2D eigenvalue weighted by Gasteiger charge is -2.22. The fraction of sp³-hybridized carbons (Fsp3) is 0.200. The lowest BCUT2D eigenvalue weighted by atomic mass is 10.2. The van der Waals surface area contributed by atoms with Crippen LogP contribution in [0.25, 0.3) is 0 Å². The van der Waals surface area contributed by atoms with Crippen LogP contribution in [0.5, 0.6) is 0 Å². The topological polar surface area (TPSA) is 136 Å². The predicted octanol–water partition coefficient (Wildman–Crippen LogP) is 3.84. The summed E-state index contributed by atoms with van der Waals surface area (Å²) in [7, 11) is -4.28. The van der Waals surface area contributed by atoms with E-state index in [9.17, 15) is 28.1 Å². The Balaban J connectivity index is 1.54. The largest absolute Gasteiger partial charge is 0.449 e. The second kappa shape index (κ2) is 9.78. The molecule has 0 aromatic heterocycles. The number of nitro benzene ring substituents is 1. The molecule has 1 aliphatic rings. The van der Waals surface area contributed by atoms with E-state index in [1.165, 1.54) is 50.2 Å². The number of hydrogen-bond donors (Lipinski definition) is 1. The lowest BCUT2D eigenvalue weighted by Crippen LogP contribution is -2.39. The van der Waals surface area contributed by atoms with Gasteiger partial charge in [-0.15, -0.1) is 0 Å². The number of para-hydroxylation sites is 2. The van der Waals surface area contributed by atoms with E-state index in [0.717, 1.165) is 17.3 Å². The molecule has 0 saturated heterocycles. The van der Waals surface area contributed by atoms with Crippen molar-refractivity contribution in [2.24, 2.45) is 0 Å². The summed E-state index contributed by atoms with van der Waals surface area (Å²) in [6.07, 6.45) is -0.420. The highest BCUT2D eigenvalue weighted by Gasteiger charge is 2.31. The smallest absolute Gasteiger partial charge is 0.341 e. The van der Waals surface area contributed by atoms with Crippen molar-refractivity contribution >= 4 is 39.0 Å². The van der Waals surface area contributed by atoms with Crippen LogP contribution in [0.2, 0.25) is 0 Å². The molecule has 0 aliphatic carbocycles. The molecule has 10 nitrogen and oxygen atoms in total. The SMILES string of the molecule is Cc1ccc([N+](=O)[O-])cc1S(=O)(=O)Nc1ccccc1C(=O)O[C@@H](C)C(=O)N1CCc2ccccc21. The molecule has 1 atom stereocenters. The normalized spacial score (nSPS) is 13.6. The van der Waals surface area contributed by atoms with Gasteiger partial charge in [0.15, 0.2) is 6.10 Å². The highest BCUT2D eigenvalue weighted by Crippen LogP contribution is 2.29. The number of non-ortho nitro benzene ring substituents is 1. The van der Waals surface area contributed by atoms with Gasteiger partial charge in [0.05, 0.1) is 21.1 Å². The second-order valence-electron chi connectivity index (χ2n) is 8.27. The average Bonchev–Trinajstić information content (AvgIpc) is 3.27. The summed E-state index contributed by atoms with van der Waals surface area (Å²) in [6.45, 7) is 3.43. The zero-order chi connectivity index (χ0) is 26.0. The van der Waals surface area contributed by atoms with Crippen LogP contribution in [0.3, 0.4) is 0 Å². The molecule has 0 bridgehead atoms. The number of benzene rings is 3. The van der Waals surface area contributed by atoms with Gasteiger partial charge in [0.25, 0.3) is 21.6 Å². The zero-order valence-electron chi connectivity index (χ0n) is 19.5. The Labute approximate surface area is 207 Å². The van der Waals surface area contributed by atoms with Gasteiger partial charge in [0, 0.05) is 24.4 Å². The molecule has 36 heavy (non-hydrogen) atoms. The maximum absolute atomic E-state index is 13.0. The number of anilines is 2.